The number of halogens is 2. The third-order valence-electron chi connectivity index (χ3n) is 2.89. The van der Waals surface area contributed by atoms with Gasteiger partial charge in [0, 0.05) is 35.8 Å². The van der Waals surface area contributed by atoms with Crippen LogP contribution in [-0.4, -0.2) is 21.4 Å². The number of nitrogens with zero attached hydrogens (tertiary/aromatic N) is 3. The average Bonchev–Trinajstić information content (AvgIpc) is 2.55. The number of aryl methyl sites for hydroxylation is 2. The summed E-state index contributed by atoms with van der Waals surface area (Å²) in [7, 11) is 0. The molecule has 0 fully saturated rings. The lowest BCUT2D eigenvalue weighted by molar-refractivity contribution is -0.105. The van der Waals surface area contributed by atoms with Gasteiger partial charge in [-0.05, 0) is 26.0 Å². The largest absolute Gasteiger partial charge is 0.456 e. The Bertz CT molecular complexity index is 870. The molecule has 134 valence electrons. The highest BCUT2D eigenvalue weighted by molar-refractivity contribution is 6.30. The second kappa shape index (κ2) is 9.70. The van der Waals surface area contributed by atoms with Crippen molar-refractivity contribution in [3.63, 3.8) is 0 Å². The van der Waals surface area contributed by atoms with E-state index < -0.39 is 0 Å². The van der Waals surface area contributed by atoms with Crippen molar-refractivity contribution in [1.29, 1.82) is 0 Å². The molecule has 0 aliphatic rings. The average molecular weight is 391 g/mol. The van der Waals surface area contributed by atoms with Crippen molar-refractivity contribution in [2.45, 2.75) is 13.8 Å². The molecule has 0 aliphatic carbocycles. The molecule has 0 saturated heterocycles. The normalized spacial score (nSPS) is 9.69. The van der Waals surface area contributed by atoms with Crippen LogP contribution in [0, 0.1) is 13.8 Å². The Morgan fingerprint density at radius 3 is 2.35 bits per heavy atom. The standard InChI is InChI=1S/C12H11ClN2O.C6H5ClN2O/c1-8-3-11(4-9(2)15-8)16-12-5-10(13)6-14-7-12;7-5-2-1-3-6(9-5)8-4-10/h3-7H,1-2H3;1-4H,(H,8,9,10). The predicted octanol–water partition coefficient (Wildman–Crippen LogP) is 4.84. The highest BCUT2D eigenvalue weighted by Crippen LogP contribution is 2.23. The summed E-state index contributed by atoms with van der Waals surface area (Å²) in [5.74, 6) is 1.83. The molecule has 3 heterocycles. The van der Waals surface area contributed by atoms with Crippen LogP contribution in [-0.2, 0) is 4.79 Å². The number of carbonyl (C=O) groups excluding carboxylic acids is 1. The van der Waals surface area contributed by atoms with E-state index in [2.05, 4.69) is 20.3 Å². The van der Waals surface area contributed by atoms with Gasteiger partial charge in [-0.3, -0.25) is 14.8 Å². The molecule has 0 saturated carbocycles. The first-order chi connectivity index (χ1) is 12.5. The number of aromatic nitrogens is 3. The van der Waals surface area contributed by atoms with E-state index in [0.717, 1.165) is 17.1 Å². The number of nitrogens with one attached hydrogen (secondary N) is 1. The Balaban J connectivity index is 0.000000209. The molecule has 1 N–H and O–H groups in total. The maximum absolute atomic E-state index is 9.89. The Hall–Kier alpha value is -2.70. The van der Waals surface area contributed by atoms with Gasteiger partial charge in [0.25, 0.3) is 0 Å². The highest BCUT2D eigenvalue weighted by Gasteiger charge is 2.01. The minimum absolute atomic E-state index is 0.367. The van der Waals surface area contributed by atoms with Gasteiger partial charge in [0.2, 0.25) is 6.41 Å². The van der Waals surface area contributed by atoms with Crippen LogP contribution in [0.4, 0.5) is 5.82 Å². The van der Waals surface area contributed by atoms with Crippen LogP contribution in [0.15, 0.2) is 48.8 Å². The van der Waals surface area contributed by atoms with Crippen molar-refractivity contribution < 1.29 is 9.53 Å². The van der Waals surface area contributed by atoms with Gasteiger partial charge in [-0.1, -0.05) is 29.3 Å². The van der Waals surface area contributed by atoms with E-state index in [-0.39, 0.29) is 0 Å². The lowest BCUT2D eigenvalue weighted by Gasteiger charge is -2.06. The van der Waals surface area contributed by atoms with Gasteiger partial charge in [-0.15, -0.1) is 0 Å². The first-order valence-corrected chi connectivity index (χ1v) is 8.28. The number of amides is 1. The Morgan fingerprint density at radius 1 is 1.00 bits per heavy atom. The van der Waals surface area contributed by atoms with Crippen molar-refractivity contribution >= 4 is 35.4 Å². The zero-order valence-electron chi connectivity index (χ0n) is 14.1. The highest BCUT2D eigenvalue weighted by atomic mass is 35.5. The molecule has 0 unspecified atom stereocenters. The summed E-state index contributed by atoms with van der Waals surface area (Å²) in [5.41, 5.74) is 1.84. The number of pyridine rings is 3. The number of rotatable bonds is 4. The van der Waals surface area contributed by atoms with Crippen LogP contribution in [0.1, 0.15) is 11.4 Å². The first-order valence-electron chi connectivity index (χ1n) is 7.52. The number of carbonyl (C=O) groups is 1. The van der Waals surface area contributed by atoms with E-state index in [1.54, 1.807) is 36.7 Å². The molecule has 3 aromatic heterocycles. The number of hydrogen-bond donors (Lipinski definition) is 1. The molecule has 3 aromatic rings. The van der Waals surface area contributed by atoms with Crippen LogP contribution in [0.5, 0.6) is 11.5 Å². The summed E-state index contributed by atoms with van der Waals surface area (Å²) in [6, 6.07) is 10.5. The lowest BCUT2D eigenvalue weighted by atomic mass is 10.3. The summed E-state index contributed by atoms with van der Waals surface area (Å²) in [4.78, 5) is 21.9. The van der Waals surface area contributed by atoms with E-state index >= 15 is 0 Å². The van der Waals surface area contributed by atoms with Crippen molar-refractivity contribution in [3.8, 4) is 11.5 Å². The van der Waals surface area contributed by atoms with Crippen molar-refractivity contribution in [2.24, 2.45) is 0 Å². The minimum Gasteiger partial charge on any atom is -0.456 e. The van der Waals surface area contributed by atoms with E-state index in [9.17, 15) is 4.79 Å². The number of ether oxygens (including phenoxy) is 1. The summed E-state index contributed by atoms with van der Waals surface area (Å²) in [5, 5.41) is 3.30. The van der Waals surface area contributed by atoms with Gasteiger partial charge >= 0.3 is 0 Å². The van der Waals surface area contributed by atoms with Crippen molar-refractivity contribution in [2.75, 3.05) is 5.32 Å². The van der Waals surface area contributed by atoms with Gasteiger partial charge in [0.15, 0.2) is 0 Å². The lowest BCUT2D eigenvalue weighted by Crippen LogP contribution is -1.95. The summed E-state index contributed by atoms with van der Waals surface area (Å²) >= 11 is 11.3. The fourth-order valence-electron chi connectivity index (χ4n) is 1.99. The Morgan fingerprint density at radius 2 is 1.73 bits per heavy atom. The smallest absolute Gasteiger partial charge is 0.212 e. The van der Waals surface area contributed by atoms with E-state index in [0.29, 0.717) is 28.2 Å². The molecular formula is C18H16Cl2N4O2. The van der Waals surface area contributed by atoms with Crippen LogP contribution in [0.3, 0.4) is 0 Å². The van der Waals surface area contributed by atoms with E-state index in [1.807, 2.05) is 26.0 Å². The van der Waals surface area contributed by atoms with Crippen LogP contribution in [0.2, 0.25) is 10.2 Å². The van der Waals surface area contributed by atoms with Crippen LogP contribution in [0.25, 0.3) is 0 Å². The first kappa shape index (κ1) is 19.6. The Kier molecular flexibility index (Phi) is 7.32. The fourth-order valence-corrected chi connectivity index (χ4v) is 2.32. The summed E-state index contributed by atoms with van der Waals surface area (Å²) < 4.78 is 5.63. The molecule has 26 heavy (non-hydrogen) atoms. The second-order valence-electron chi connectivity index (χ2n) is 5.13. The number of anilines is 1. The molecular weight excluding hydrogens is 375 g/mol. The van der Waals surface area contributed by atoms with E-state index in [1.165, 1.54) is 0 Å². The molecule has 1 amide bonds. The minimum atomic E-state index is 0.367. The van der Waals surface area contributed by atoms with E-state index in [4.69, 9.17) is 27.9 Å². The molecule has 3 rings (SSSR count). The topological polar surface area (TPSA) is 77.0 Å². The number of hydrogen-bond acceptors (Lipinski definition) is 5. The van der Waals surface area contributed by atoms with Crippen LogP contribution < -0.4 is 10.1 Å². The quantitative estimate of drug-likeness (QED) is 0.509. The fraction of sp³-hybridized carbons (Fsp3) is 0.111. The Labute approximate surface area is 161 Å². The summed E-state index contributed by atoms with van der Waals surface area (Å²) in [6.07, 6.45) is 3.74. The second-order valence-corrected chi connectivity index (χ2v) is 5.96. The third-order valence-corrected chi connectivity index (χ3v) is 3.31. The van der Waals surface area contributed by atoms with Gasteiger partial charge < -0.3 is 10.1 Å². The maximum atomic E-state index is 9.89. The van der Waals surface area contributed by atoms with Gasteiger partial charge in [-0.2, -0.15) is 0 Å². The van der Waals surface area contributed by atoms with Crippen LogP contribution >= 0.6 is 23.2 Å². The molecule has 0 aliphatic heterocycles. The third kappa shape index (κ3) is 6.66. The summed E-state index contributed by atoms with van der Waals surface area (Å²) in [6.45, 7) is 3.85. The van der Waals surface area contributed by atoms with Gasteiger partial charge in [0.05, 0.1) is 11.2 Å². The molecule has 0 atom stereocenters. The maximum Gasteiger partial charge on any atom is 0.212 e. The predicted molar refractivity (Wildman–Crippen MR) is 102 cm³/mol. The molecule has 8 heteroatoms. The molecule has 6 nitrogen and oxygen atoms in total. The molecule has 0 spiro atoms. The monoisotopic (exact) mass is 390 g/mol. The van der Waals surface area contributed by atoms with Crippen molar-refractivity contribution in [3.05, 3.63) is 70.4 Å². The zero-order valence-corrected chi connectivity index (χ0v) is 15.6. The molecule has 0 aromatic carbocycles. The molecule has 0 radical (unpaired) electrons. The van der Waals surface area contributed by atoms with Crippen molar-refractivity contribution in [1.82, 2.24) is 15.0 Å². The zero-order chi connectivity index (χ0) is 18.9. The SMILES string of the molecule is Cc1cc(Oc2cncc(Cl)c2)cc(C)n1.O=CNc1cccc(Cl)n1. The van der Waals surface area contributed by atoms with Gasteiger partial charge in [0.1, 0.15) is 22.5 Å². The van der Waals surface area contributed by atoms with Gasteiger partial charge in [-0.25, -0.2) is 4.98 Å². The molecule has 0 bridgehead atoms.